The molecule has 0 bridgehead atoms. The van der Waals surface area contributed by atoms with Crippen molar-refractivity contribution in [3.05, 3.63) is 70.9 Å². The fourth-order valence-electron chi connectivity index (χ4n) is 3.29. The van der Waals surface area contributed by atoms with E-state index in [0.717, 1.165) is 12.1 Å². The second-order valence-corrected chi connectivity index (χ2v) is 8.35. The van der Waals surface area contributed by atoms with Crippen molar-refractivity contribution in [3.8, 4) is 0 Å². The van der Waals surface area contributed by atoms with Gasteiger partial charge >= 0.3 is 0 Å². The average Bonchev–Trinajstić information content (AvgIpc) is 3.11. The molecular weight excluding hydrogens is 416 g/mol. The van der Waals surface area contributed by atoms with Crippen LogP contribution in [-0.4, -0.2) is 24.5 Å². The SMILES string of the molecule is Cc1nc(CN=C2Nc3c(ccc(F)c3[C@H](C)c3ccccc3F)S(=O)(=O)N2)no1. The average molecular weight is 433 g/mol. The molecule has 0 amide bonds. The zero-order valence-electron chi connectivity index (χ0n) is 16.0. The largest absolute Gasteiger partial charge is 0.340 e. The number of aryl methyl sites for hydroxylation is 1. The Labute approximate surface area is 171 Å². The second-order valence-electron chi connectivity index (χ2n) is 6.70. The van der Waals surface area contributed by atoms with Gasteiger partial charge in [0, 0.05) is 18.4 Å². The van der Waals surface area contributed by atoms with Crippen molar-refractivity contribution >= 4 is 21.7 Å². The van der Waals surface area contributed by atoms with E-state index in [1.165, 1.54) is 18.2 Å². The van der Waals surface area contributed by atoms with Gasteiger partial charge in [-0.1, -0.05) is 30.3 Å². The second kappa shape index (κ2) is 7.48. The van der Waals surface area contributed by atoms with Crippen molar-refractivity contribution in [3.63, 3.8) is 0 Å². The number of halogens is 2. The highest BCUT2D eigenvalue weighted by atomic mass is 32.2. The fourth-order valence-corrected chi connectivity index (χ4v) is 4.44. The Morgan fingerprint density at radius 1 is 1.17 bits per heavy atom. The lowest BCUT2D eigenvalue weighted by molar-refractivity contribution is 0.387. The molecule has 156 valence electrons. The number of fused-ring (bicyclic) bond motifs is 1. The first-order valence-corrected chi connectivity index (χ1v) is 10.4. The number of benzene rings is 2. The number of aromatic nitrogens is 2. The number of hydrogen-bond acceptors (Lipinski definition) is 6. The maximum absolute atomic E-state index is 14.8. The lowest BCUT2D eigenvalue weighted by Gasteiger charge is -2.26. The molecule has 0 unspecified atom stereocenters. The highest BCUT2D eigenvalue weighted by molar-refractivity contribution is 7.90. The van der Waals surface area contributed by atoms with Crippen LogP contribution in [0.15, 0.2) is 50.8 Å². The van der Waals surface area contributed by atoms with Gasteiger partial charge in [-0.05, 0) is 23.8 Å². The van der Waals surface area contributed by atoms with E-state index in [0.29, 0.717) is 5.89 Å². The summed E-state index contributed by atoms with van der Waals surface area (Å²) < 4.78 is 61.7. The molecule has 1 aliphatic rings. The molecule has 2 N–H and O–H groups in total. The molecule has 4 rings (SSSR count). The monoisotopic (exact) mass is 433 g/mol. The van der Waals surface area contributed by atoms with Crippen LogP contribution in [0.2, 0.25) is 0 Å². The van der Waals surface area contributed by atoms with Crippen molar-refractivity contribution in [1.82, 2.24) is 14.9 Å². The minimum absolute atomic E-state index is 0.00699. The van der Waals surface area contributed by atoms with Gasteiger partial charge in [-0.25, -0.2) is 26.9 Å². The van der Waals surface area contributed by atoms with Crippen LogP contribution in [0.25, 0.3) is 0 Å². The van der Waals surface area contributed by atoms with Crippen LogP contribution in [0, 0.1) is 18.6 Å². The number of rotatable bonds is 4. The third-order valence-corrected chi connectivity index (χ3v) is 6.05. The zero-order chi connectivity index (χ0) is 21.5. The molecule has 0 radical (unpaired) electrons. The predicted molar refractivity (Wildman–Crippen MR) is 104 cm³/mol. The molecule has 0 fully saturated rings. The van der Waals surface area contributed by atoms with Gasteiger partial charge in [0.05, 0.1) is 5.69 Å². The Morgan fingerprint density at radius 3 is 2.63 bits per heavy atom. The number of nitrogens with zero attached hydrogens (tertiary/aromatic N) is 3. The molecule has 2 heterocycles. The van der Waals surface area contributed by atoms with Crippen LogP contribution < -0.4 is 10.0 Å². The summed E-state index contributed by atoms with van der Waals surface area (Å²) in [6.45, 7) is 3.15. The highest BCUT2D eigenvalue weighted by Gasteiger charge is 2.32. The number of hydrogen-bond donors (Lipinski definition) is 2. The topological polar surface area (TPSA) is 109 Å². The van der Waals surface area contributed by atoms with E-state index in [-0.39, 0.29) is 40.0 Å². The van der Waals surface area contributed by atoms with Gasteiger partial charge < -0.3 is 9.84 Å². The summed E-state index contributed by atoms with van der Waals surface area (Å²) in [5, 5.41) is 6.51. The number of anilines is 1. The van der Waals surface area contributed by atoms with Crippen molar-refractivity contribution < 1.29 is 21.7 Å². The van der Waals surface area contributed by atoms with E-state index < -0.39 is 27.6 Å². The van der Waals surface area contributed by atoms with Gasteiger partial charge in [0.25, 0.3) is 10.0 Å². The molecular formula is C19H17F2N5O3S. The Balaban J connectivity index is 1.78. The van der Waals surface area contributed by atoms with Gasteiger partial charge in [-0.15, -0.1) is 0 Å². The van der Waals surface area contributed by atoms with Gasteiger partial charge in [-0.2, -0.15) is 4.98 Å². The molecule has 30 heavy (non-hydrogen) atoms. The number of sulfonamides is 1. The summed E-state index contributed by atoms with van der Waals surface area (Å²) in [6.07, 6.45) is 0. The third kappa shape index (κ3) is 3.63. The van der Waals surface area contributed by atoms with E-state index in [1.807, 2.05) is 0 Å². The maximum atomic E-state index is 14.8. The summed E-state index contributed by atoms with van der Waals surface area (Å²) >= 11 is 0. The van der Waals surface area contributed by atoms with Crippen LogP contribution in [0.3, 0.4) is 0 Å². The third-order valence-electron chi connectivity index (χ3n) is 4.67. The summed E-state index contributed by atoms with van der Waals surface area (Å²) in [4.78, 5) is 7.95. The molecule has 11 heteroatoms. The van der Waals surface area contributed by atoms with Crippen molar-refractivity contribution in [2.45, 2.75) is 31.2 Å². The van der Waals surface area contributed by atoms with E-state index in [9.17, 15) is 17.2 Å². The summed E-state index contributed by atoms with van der Waals surface area (Å²) in [5.74, 6) is -1.47. The Bertz CT molecular complexity index is 1260. The number of nitrogens with one attached hydrogen (secondary N) is 2. The molecule has 0 aliphatic carbocycles. The quantitative estimate of drug-likeness (QED) is 0.655. The zero-order valence-corrected chi connectivity index (χ0v) is 16.8. The Morgan fingerprint density at radius 2 is 1.93 bits per heavy atom. The lowest BCUT2D eigenvalue weighted by Crippen LogP contribution is -2.41. The van der Waals surface area contributed by atoms with Crippen molar-refractivity contribution in [2.75, 3.05) is 5.32 Å². The lowest BCUT2D eigenvalue weighted by atomic mass is 9.91. The van der Waals surface area contributed by atoms with Crippen molar-refractivity contribution in [1.29, 1.82) is 0 Å². The Kier molecular flexibility index (Phi) is 4.98. The van der Waals surface area contributed by atoms with Crippen LogP contribution in [-0.2, 0) is 16.6 Å². The van der Waals surface area contributed by atoms with E-state index in [1.54, 1.807) is 19.9 Å². The molecule has 1 atom stereocenters. The first-order valence-electron chi connectivity index (χ1n) is 8.96. The molecule has 0 saturated heterocycles. The highest BCUT2D eigenvalue weighted by Crippen LogP contribution is 2.38. The van der Waals surface area contributed by atoms with Gasteiger partial charge in [-0.3, -0.25) is 0 Å². The van der Waals surface area contributed by atoms with Crippen LogP contribution in [0.1, 0.15) is 35.7 Å². The van der Waals surface area contributed by atoms with Crippen LogP contribution in [0.5, 0.6) is 0 Å². The maximum Gasteiger partial charge on any atom is 0.266 e. The number of aliphatic imine (C=N–C) groups is 1. The molecule has 2 aromatic carbocycles. The van der Waals surface area contributed by atoms with E-state index in [2.05, 4.69) is 25.2 Å². The van der Waals surface area contributed by atoms with E-state index in [4.69, 9.17) is 4.52 Å². The molecule has 3 aromatic rings. The predicted octanol–water partition coefficient (Wildman–Crippen LogP) is 3.07. The van der Waals surface area contributed by atoms with Crippen LogP contribution in [0.4, 0.5) is 14.5 Å². The summed E-state index contributed by atoms with van der Waals surface area (Å²) in [5.41, 5.74) is 0.265. The smallest absolute Gasteiger partial charge is 0.266 e. The molecule has 0 spiro atoms. The molecule has 8 nitrogen and oxygen atoms in total. The molecule has 1 aliphatic heterocycles. The minimum atomic E-state index is -4.02. The standard InChI is InChI=1S/C19H17F2N5O3S/c1-10(12-5-3-4-6-13(12)20)17-14(21)7-8-15-18(17)24-19(26-30(15,27)28)22-9-16-23-11(2)29-25-16/h3-8,10H,9H2,1-2H3,(H2,22,24,26)/t10-/m1/s1. The first kappa shape index (κ1) is 20.0. The van der Waals surface area contributed by atoms with E-state index >= 15 is 0 Å². The van der Waals surface area contributed by atoms with Crippen molar-refractivity contribution in [2.24, 2.45) is 4.99 Å². The van der Waals surface area contributed by atoms with Gasteiger partial charge in [0.15, 0.2) is 5.82 Å². The number of guanidine groups is 1. The fraction of sp³-hybridized carbons (Fsp3) is 0.211. The molecule has 0 saturated carbocycles. The van der Waals surface area contributed by atoms with Crippen LogP contribution >= 0.6 is 0 Å². The van der Waals surface area contributed by atoms with Gasteiger partial charge in [0.1, 0.15) is 23.1 Å². The normalized spacial score (nSPS) is 17.1. The summed E-state index contributed by atoms with van der Waals surface area (Å²) in [6, 6.07) is 8.16. The summed E-state index contributed by atoms with van der Waals surface area (Å²) in [7, 11) is -4.02. The Hall–Kier alpha value is -3.34. The molecule has 1 aromatic heterocycles. The van der Waals surface area contributed by atoms with Gasteiger partial charge in [0.2, 0.25) is 11.9 Å². The minimum Gasteiger partial charge on any atom is -0.340 e. The first-order chi connectivity index (χ1) is 14.3.